The van der Waals surface area contributed by atoms with E-state index in [0.717, 1.165) is 11.3 Å². The molecule has 0 aliphatic heterocycles. The summed E-state index contributed by atoms with van der Waals surface area (Å²) in [6.07, 6.45) is 2.11. The predicted octanol–water partition coefficient (Wildman–Crippen LogP) is 7.58. The number of anilines is 1. The van der Waals surface area contributed by atoms with Crippen molar-refractivity contribution in [2.75, 3.05) is 5.01 Å². The molecule has 27 heavy (non-hydrogen) atoms. The van der Waals surface area contributed by atoms with Gasteiger partial charge in [0, 0.05) is 6.20 Å². The Morgan fingerprint density at radius 1 is 0.815 bits per heavy atom. The van der Waals surface area contributed by atoms with Crippen LogP contribution in [0.1, 0.15) is 77.0 Å². The Hall–Kier alpha value is -2.42. The van der Waals surface area contributed by atoms with E-state index >= 15 is 0 Å². The smallest absolute Gasteiger partial charge is 0.0731 e. The summed E-state index contributed by atoms with van der Waals surface area (Å²) >= 11 is 0. The van der Waals surface area contributed by atoms with E-state index in [1.54, 1.807) is 0 Å². The van der Waals surface area contributed by atoms with E-state index in [2.05, 4.69) is 93.6 Å². The Labute approximate surface area is 164 Å². The highest BCUT2D eigenvalue weighted by Gasteiger charge is 2.19. The maximum absolute atomic E-state index is 4.63. The fourth-order valence-corrected chi connectivity index (χ4v) is 3.03. The van der Waals surface area contributed by atoms with Crippen molar-refractivity contribution in [2.24, 2.45) is 10.3 Å². The average molecular weight is 364 g/mol. The van der Waals surface area contributed by atoms with Crippen LogP contribution in [0.3, 0.4) is 0 Å². The van der Waals surface area contributed by atoms with E-state index in [0.29, 0.717) is 11.8 Å². The number of rotatable bonds is 7. The zero-order valence-electron chi connectivity index (χ0n) is 17.8. The molecule has 3 nitrogen and oxygen atoms in total. The lowest BCUT2D eigenvalue weighted by molar-refractivity contribution is 0.728. The standard InChI is InChI=1S/C24H33N3/c1-17(2)22-14-11-15-23(18(3)4)24(22)27(26-25-19(5)6)16-20(7)21-12-9-8-10-13-21/h8-19H,1-7H3/b20-16+,26-25+. The van der Waals surface area contributed by atoms with Crippen molar-refractivity contribution in [1.29, 1.82) is 0 Å². The molecule has 2 rings (SSSR count). The lowest BCUT2D eigenvalue weighted by atomic mass is 9.92. The summed E-state index contributed by atoms with van der Waals surface area (Å²) in [4.78, 5) is 0. The summed E-state index contributed by atoms with van der Waals surface area (Å²) in [7, 11) is 0. The van der Waals surface area contributed by atoms with Crippen LogP contribution in [0.4, 0.5) is 5.69 Å². The molecule has 2 aromatic rings. The Morgan fingerprint density at radius 3 is 1.85 bits per heavy atom. The van der Waals surface area contributed by atoms with Gasteiger partial charge in [-0.15, -0.1) is 0 Å². The van der Waals surface area contributed by atoms with Crippen molar-refractivity contribution in [3.05, 3.63) is 71.4 Å². The van der Waals surface area contributed by atoms with Gasteiger partial charge < -0.3 is 0 Å². The van der Waals surface area contributed by atoms with E-state index in [4.69, 9.17) is 0 Å². The molecule has 0 radical (unpaired) electrons. The first-order valence-electron chi connectivity index (χ1n) is 9.87. The fourth-order valence-electron chi connectivity index (χ4n) is 3.03. The number of allylic oxidation sites excluding steroid dienone is 1. The largest absolute Gasteiger partial charge is 0.222 e. The monoisotopic (exact) mass is 363 g/mol. The summed E-state index contributed by atoms with van der Waals surface area (Å²) in [6.45, 7) is 15.1. The number of nitrogens with zero attached hydrogens (tertiary/aromatic N) is 3. The van der Waals surface area contributed by atoms with Gasteiger partial charge in [0.25, 0.3) is 0 Å². The second-order valence-corrected chi connectivity index (χ2v) is 7.92. The molecule has 144 valence electrons. The minimum Gasteiger partial charge on any atom is -0.222 e. The van der Waals surface area contributed by atoms with Crippen LogP contribution in [0.5, 0.6) is 0 Å². The molecule has 0 unspecified atom stereocenters. The van der Waals surface area contributed by atoms with Crippen LogP contribution in [0.2, 0.25) is 0 Å². The molecule has 3 heteroatoms. The minimum absolute atomic E-state index is 0.145. The summed E-state index contributed by atoms with van der Waals surface area (Å²) in [5.41, 5.74) is 6.09. The first-order valence-corrected chi connectivity index (χ1v) is 9.87. The first kappa shape index (κ1) is 20.9. The average Bonchev–Trinajstić information content (AvgIpc) is 2.64. The molecule has 0 fully saturated rings. The maximum atomic E-state index is 4.63. The van der Waals surface area contributed by atoms with Crippen LogP contribution in [0.25, 0.3) is 5.57 Å². The lowest BCUT2D eigenvalue weighted by Gasteiger charge is -2.25. The fraction of sp³-hybridized carbons (Fsp3) is 0.417. The van der Waals surface area contributed by atoms with Gasteiger partial charge in [0.05, 0.1) is 11.7 Å². The molecule has 0 aliphatic carbocycles. The van der Waals surface area contributed by atoms with Crippen LogP contribution in [-0.4, -0.2) is 6.04 Å². The summed E-state index contributed by atoms with van der Waals surface area (Å²) < 4.78 is 0. The molecular formula is C24H33N3. The third kappa shape index (κ3) is 5.53. The second-order valence-electron chi connectivity index (χ2n) is 7.92. The third-order valence-corrected chi connectivity index (χ3v) is 4.50. The molecule has 2 aromatic carbocycles. The number of benzene rings is 2. The van der Waals surface area contributed by atoms with Crippen LogP contribution < -0.4 is 5.01 Å². The Bertz CT molecular complexity index is 760. The van der Waals surface area contributed by atoms with Crippen molar-refractivity contribution >= 4 is 11.3 Å². The molecule has 0 N–H and O–H groups in total. The highest BCUT2D eigenvalue weighted by atomic mass is 15.5. The summed E-state index contributed by atoms with van der Waals surface area (Å²) in [5, 5.41) is 11.1. The van der Waals surface area contributed by atoms with Crippen molar-refractivity contribution in [2.45, 2.75) is 66.3 Å². The Balaban J connectivity index is 2.65. The minimum atomic E-state index is 0.145. The molecule has 0 spiro atoms. The Morgan fingerprint density at radius 2 is 1.37 bits per heavy atom. The van der Waals surface area contributed by atoms with Gasteiger partial charge in [0.15, 0.2) is 0 Å². The molecular weight excluding hydrogens is 330 g/mol. The van der Waals surface area contributed by atoms with Gasteiger partial charge in [-0.2, -0.15) is 5.11 Å². The highest BCUT2D eigenvalue weighted by Crippen LogP contribution is 2.36. The maximum Gasteiger partial charge on any atom is 0.0731 e. The van der Waals surface area contributed by atoms with E-state index in [1.807, 2.05) is 24.9 Å². The van der Waals surface area contributed by atoms with Crippen LogP contribution in [-0.2, 0) is 0 Å². The van der Waals surface area contributed by atoms with Crippen molar-refractivity contribution in [3.8, 4) is 0 Å². The lowest BCUT2D eigenvalue weighted by Crippen LogP contribution is -2.15. The van der Waals surface area contributed by atoms with Crippen LogP contribution >= 0.6 is 0 Å². The van der Waals surface area contributed by atoms with Crippen LogP contribution in [0, 0.1) is 0 Å². The predicted molar refractivity (Wildman–Crippen MR) is 117 cm³/mol. The van der Waals surface area contributed by atoms with Crippen molar-refractivity contribution in [3.63, 3.8) is 0 Å². The summed E-state index contributed by atoms with van der Waals surface area (Å²) in [6, 6.07) is 17.1. The van der Waals surface area contributed by atoms with Crippen LogP contribution in [0.15, 0.2) is 65.1 Å². The quantitative estimate of drug-likeness (QED) is 0.368. The molecule has 0 atom stereocenters. The van der Waals surface area contributed by atoms with Gasteiger partial charge in [-0.25, -0.2) is 5.01 Å². The second kappa shape index (κ2) is 9.50. The van der Waals surface area contributed by atoms with E-state index in [9.17, 15) is 0 Å². The Kier molecular flexibility index (Phi) is 7.35. The van der Waals surface area contributed by atoms with Gasteiger partial charge in [0.1, 0.15) is 0 Å². The molecule has 0 aliphatic rings. The summed E-state index contributed by atoms with van der Waals surface area (Å²) in [5.74, 6) is 0.807. The SMILES string of the molecule is C/C(=C\N(/N=N/C(C)C)c1c(C(C)C)cccc1C(C)C)c1ccccc1. The first-order chi connectivity index (χ1) is 12.8. The van der Waals surface area contributed by atoms with Gasteiger partial charge >= 0.3 is 0 Å². The molecule has 0 amide bonds. The van der Waals surface area contributed by atoms with Gasteiger partial charge in [-0.3, -0.25) is 0 Å². The number of hydrogen-bond donors (Lipinski definition) is 0. The molecule has 0 saturated heterocycles. The van der Waals surface area contributed by atoms with Gasteiger partial charge in [-0.05, 0) is 54.9 Å². The molecule has 0 heterocycles. The van der Waals surface area contributed by atoms with Gasteiger partial charge in [-0.1, -0.05) is 81.4 Å². The van der Waals surface area contributed by atoms with Crippen molar-refractivity contribution < 1.29 is 0 Å². The van der Waals surface area contributed by atoms with E-state index in [-0.39, 0.29) is 6.04 Å². The van der Waals surface area contributed by atoms with Crippen molar-refractivity contribution in [1.82, 2.24) is 0 Å². The zero-order valence-corrected chi connectivity index (χ0v) is 17.8. The van der Waals surface area contributed by atoms with Gasteiger partial charge in [0.2, 0.25) is 0 Å². The molecule has 0 aromatic heterocycles. The number of para-hydroxylation sites is 1. The third-order valence-electron chi connectivity index (χ3n) is 4.50. The topological polar surface area (TPSA) is 28.0 Å². The van der Waals surface area contributed by atoms with E-state index in [1.165, 1.54) is 16.7 Å². The highest BCUT2D eigenvalue weighted by molar-refractivity contribution is 5.70. The zero-order chi connectivity index (χ0) is 20.0. The van der Waals surface area contributed by atoms with E-state index < -0.39 is 0 Å². The molecule has 0 bridgehead atoms. The number of hydrogen-bond acceptors (Lipinski definition) is 2. The molecule has 0 saturated carbocycles. The normalized spacial score (nSPS) is 12.6.